The third kappa shape index (κ3) is 4.25. The maximum Gasteiger partial charge on any atom is 0.228 e. The molecular formula is C11H8Cl2F2N4. The molecule has 8 heteroatoms. The fourth-order valence-corrected chi connectivity index (χ4v) is 1.84. The second-order valence-electron chi connectivity index (χ2n) is 3.65. The minimum Gasteiger partial charge on any atom is -0.354 e. The van der Waals surface area contributed by atoms with Crippen molar-refractivity contribution in [2.75, 3.05) is 11.9 Å². The van der Waals surface area contributed by atoms with Crippen LogP contribution in [0.25, 0.3) is 0 Å². The van der Waals surface area contributed by atoms with Gasteiger partial charge in [-0.15, -0.1) is 0 Å². The van der Waals surface area contributed by atoms with Gasteiger partial charge in [0.15, 0.2) is 0 Å². The van der Waals surface area contributed by atoms with Crippen LogP contribution in [0.3, 0.4) is 0 Å². The molecule has 0 saturated carbocycles. The number of hydrogen-bond donors (Lipinski definition) is 1. The van der Waals surface area contributed by atoms with Crippen molar-refractivity contribution >= 4 is 29.2 Å². The molecule has 19 heavy (non-hydrogen) atoms. The Labute approximate surface area is 117 Å². The van der Waals surface area contributed by atoms with Gasteiger partial charge in [-0.05, 0) is 47.3 Å². The molecule has 0 atom stereocenters. The van der Waals surface area contributed by atoms with Crippen molar-refractivity contribution in [3.05, 3.63) is 46.0 Å². The van der Waals surface area contributed by atoms with E-state index in [0.29, 0.717) is 18.5 Å². The zero-order chi connectivity index (χ0) is 13.8. The Morgan fingerprint density at radius 2 is 1.53 bits per heavy atom. The molecule has 4 nitrogen and oxygen atoms in total. The van der Waals surface area contributed by atoms with E-state index in [1.54, 1.807) is 0 Å². The van der Waals surface area contributed by atoms with Crippen LogP contribution >= 0.6 is 23.2 Å². The maximum absolute atomic E-state index is 13.0. The van der Waals surface area contributed by atoms with Gasteiger partial charge in [0.25, 0.3) is 0 Å². The lowest BCUT2D eigenvalue weighted by Crippen LogP contribution is -2.09. The highest BCUT2D eigenvalue weighted by molar-refractivity contribution is 6.31. The summed E-state index contributed by atoms with van der Waals surface area (Å²) >= 11 is 11.2. The molecule has 0 aliphatic heterocycles. The van der Waals surface area contributed by atoms with Crippen LogP contribution in [0.15, 0.2) is 18.2 Å². The Balaban J connectivity index is 1.96. The van der Waals surface area contributed by atoms with Crippen molar-refractivity contribution in [1.29, 1.82) is 0 Å². The van der Waals surface area contributed by atoms with Crippen molar-refractivity contribution in [2.45, 2.75) is 6.42 Å². The van der Waals surface area contributed by atoms with Crippen LogP contribution in [-0.2, 0) is 6.42 Å². The molecular weight excluding hydrogens is 297 g/mol. The third-order valence-corrected chi connectivity index (χ3v) is 2.54. The number of halogens is 4. The number of rotatable bonds is 4. The van der Waals surface area contributed by atoms with Gasteiger partial charge in [0.1, 0.15) is 11.6 Å². The van der Waals surface area contributed by atoms with E-state index in [4.69, 9.17) is 23.2 Å². The Kier molecular flexibility index (Phi) is 4.44. The van der Waals surface area contributed by atoms with Crippen molar-refractivity contribution in [2.24, 2.45) is 0 Å². The van der Waals surface area contributed by atoms with E-state index in [0.717, 1.165) is 6.07 Å². The molecule has 0 bridgehead atoms. The Morgan fingerprint density at radius 1 is 0.947 bits per heavy atom. The van der Waals surface area contributed by atoms with Gasteiger partial charge >= 0.3 is 0 Å². The first kappa shape index (κ1) is 13.9. The number of nitrogens with zero attached hydrogens (tertiary/aromatic N) is 3. The molecule has 0 aliphatic carbocycles. The van der Waals surface area contributed by atoms with E-state index < -0.39 is 11.6 Å². The quantitative estimate of drug-likeness (QED) is 0.943. The average molecular weight is 305 g/mol. The molecule has 100 valence electrons. The zero-order valence-corrected chi connectivity index (χ0v) is 11.0. The predicted octanol–water partition coefficient (Wildman–Crippen LogP) is 3.11. The zero-order valence-electron chi connectivity index (χ0n) is 9.50. The first-order chi connectivity index (χ1) is 9.02. The molecule has 0 aliphatic rings. The van der Waals surface area contributed by atoms with Crippen LogP contribution in [0.5, 0.6) is 0 Å². The SMILES string of the molecule is Fc1cc(F)cc(CCNc2nc(Cl)nc(Cl)n2)c1. The third-order valence-electron chi connectivity index (χ3n) is 2.20. The van der Waals surface area contributed by atoms with Gasteiger partial charge < -0.3 is 5.32 Å². The molecule has 1 aromatic heterocycles. The van der Waals surface area contributed by atoms with Crippen LogP contribution in [0.2, 0.25) is 10.6 Å². The van der Waals surface area contributed by atoms with Crippen molar-refractivity contribution in [3.63, 3.8) is 0 Å². The van der Waals surface area contributed by atoms with Gasteiger partial charge in [0.2, 0.25) is 16.5 Å². The van der Waals surface area contributed by atoms with E-state index in [1.807, 2.05) is 0 Å². The normalized spacial score (nSPS) is 10.5. The summed E-state index contributed by atoms with van der Waals surface area (Å²) in [7, 11) is 0. The summed E-state index contributed by atoms with van der Waals surface area (Å²) in [6, 6.07) is 3.35. The van der Waals surface area contributed by atoms with Gasteiger partial charge in [-0.25, -0.2) is 8.78 Å². The number of anilines is 1. The van der Waals surface area contributed by atoms with Gasteiger partial charge in [0.05, 0.1) is 0 Å². The number of benzene rings is 1. The molecule has 0 radical (unpaired) electrons. The summed E-state index contributed by atoms with van der Waals surface area (Å²) in [6.07, 6.45) is 0.398. The minimum absolute atomic E-state index is 0.0284. The summed E-state index contributed by atoms with van der Waals surface area (Å²) < 4.78 is 25.9. The van der Waals surface area contributed by atoms with Gasteiger partial charge in [0, 0.05) is 12.6 Å². The Bertz CT molecular complexity index is 503. The van der Waals surface area contributed by atoms with Gasteiger partial charge in [-0.3, -0.25) is 0 Å². The van der Waals surface area contributed by atoms with E-state index in [2.05, 4.69) is 20.3 Å². The Morgan fingerprint density at radius 3 is 2.11 bits per heavy atom. The van der Waals surface area contributed by atoms with E-state index in [-0.39, 0.29) is 16.5 Å². The summed E-state index contributed by atoms with van der Waals surface area (Å²) in [6.45, 7) is 0.375. The first-order valence-electron chi connectivity index (χ1n) is 5.29. The number of hydrogen-bond acceptors (Lipinski definition) is 4. The van der Waals surface area contributed by atoms with E-state index >= 15 is 0 Å². The molecule has 2 rings (SSSR count). The number of aromatic nitrogens is 3. The summed E-state index contributed by atoms with van der Waals surface area (Å²) in [4.78, 5) is 11.2. The molecule has 1 heterocycles. The van der Waals surface area contributed by atoms with Gasteiger partial charge in [-0.1, -0.05) is 0 Å². The second kappa shape index (κ2) is 6.08. The van der Waals surface area contributed by atoms with E-state index in [1.165, 1.54) is 12.1 Å². The van der Waals surface area contributed by atoms with Crippen LogP contribution in [-0.4, -0.2) is 21.5 Å². The molecule has 0 fully saturated rings. The largest absolute Gasteiger partial charge is 0.354 e. The van der Waals surface area contributed by atoms with E-state index in [9.17, 15) is 8.78 Å². The topological polar surface area (TPSA) is 50.7 Å². The lowest BCUT2D eigenvalue weighted by atomic mass is 10.1. The Hall–Kier alpha value is -1.53. The fourth-order valence-electron chi connectivity index (χ4n) is 1.48. The molecule has 0 unspecified atom stereocenters. The highest BCUT2D eigenvalue weighted by Crippen LogP contribution is 2.11. The molecule has 0 saturated heterocycles. The second-order valence-corrected chi connectivity index (χ2v) is 4.33. The van der Waals surface area contributed by atoms with Crippen molar-refractivity contribution < 1.29 is 8.78 Å². The van der Waals surface area contributed by atoms with Crippen LogP contribution in [0, 0.1) is 11.6 Å². The molecule has 0 spiro atoms. The van der Waals surface area contributed by atoms with Crippen LogP contribution in [0.1, 0.15) is 5.56 Å². The highest BCUT2D eigenvalue weighted by Gasteiger charge is 2.04. The van der Waals surface area contributed by atoms with Gasteiger partial charge in [-0.2, -0.15) is 15.0 Å². The molecule has 1 aromatic carbocycles. The fraction of sp³-hybridized carbons (Fsp3) is 0.182. The van der Waals surface area contributed by atoms with Crippen LogP contribution in [0.4, 0.5) is 14.7 Å². The van der Waals surface area contributed by atoms with Crippen LogP contribution < -0.4 is 5.32 Å². The standard InChI is InChI=1S/C11H8Cl2F2N4/c12-9-17-10(13)19-11(18-9)16-2-1-6-3-7(14)5-8(15)4-6/h3-5H,1-2H2,(H,16,17,18,19). The highest BCUT2D eigenvalue weighted by atomic mass is 35.5. The minimum atomic E-state index is -0.610. The molecule has 2 aromatic rings. The first-order valence-corrected chi connectivity index (χ1v) is 6.04. The van der Waals surface area contributed by atoms with Crippen molar-refractivity contribution in [3.8, 4) is 0 Å². The average Bonchev–Trinajstić information content (AvgIpc) is 2.26. The lowest BCUT2D eigenvalue weighted by molar-refractivity contribution is 0.580. The molecule has 0 amide bonds. The summed E-state index contributed by atoms with van der Waals surface area (Å²) in [5, 5.41) is 2.78. The maximum atomic E-state index is 13.0. The van der Waals surface area contributed by atoms with Crippen molar-refractivity contribution in [1.82, 2.24) is 15.0 Å². The summed E-state index contributed by atoms with van der Waals surface area (Å²) in [5.74, 6) is -1.01. The smallest absolute Gasteiger partial charge is 0.228 e. The summed E-state index contributed by atoms with van der Waals surface area (Å²) in [5.41, 5.74) is 0.524. The predicted molar refractivity (Wildman–Crippen MR) is 68.4 cm³/mol. The number of nitrogens with one attached hydrogen (secondary N) is 1. The lowest BCUT2D eigenvalue weighted by Gasteiger charge is -2.05. The molecule has 1 N–H and O–H groups in total. The monoisotopic (exact) mass is 304 g/mol.